The van der Waals surface area contributed by atoms with Gasteiger partial charge >= 0.3 is 0 Å². The maximum atomic E-state index is 6.03. The molecule has 17 heavy (non-hydrogen) atoms. The second kappa shape index (κ2) is 5.71. The molecular weight excluding hydrogens is 325 g/mol. The van der Waals surface area contributed by atoms with E-state index in [9.17, 15) is 0 Å². The minimum atomic E-state index is 0.361. The summed E-state index contributed by atoms with van der Waals surface area (Å²) in [6.07, 6.45) is 0. The summed E-state index contributed by atoms with van der Waals surface area (Å²) < 4.78 is 6.26. The highest BCUT2D eigenvalue weighted by atomic mass is 79.9. The average molecular weight is 333 g/mol. The summed E-state index contributed by atoms with van der Waals surface area (Å²) in [5.74, 6) is 0.547. The van der Waals surface area contributed by atoms with E-state index in [4.69, 9.17) is 27.9 Å². The quantitative estimate of drug-likeness (QED) is 0.758. The molecule has 0 amide bonds. The van der Waals surface area contributed by atoms with Gasteiger partial charge in [-0.25, -0.2) is 4.98 Å². The van der Waals surface area contributed by atoms with Gasteiger partial charge in [0.25, 0.3) is 0 Å². The summed E-state index contributed by atoms with van der Waals surface area (Å²) >= 11 is 15.1. The summed E-state index contributed by atoms with van der Waals surface area (Å²) in [6.45, 7) is 0.361. The number of ether oxygens (including phenoxy) is 1. The minimum Gasteiger partial charge on any atom is -0.473 e. The van der Waals surface area contributed by atoms with Gasteiger partial charge in [0.2, 0.25) is 5.88 Å². The van der Waals surface area contributed by atoms with Gasteiger partial charge in [-0.2, -0.15) is 0 Å². The summed E-state index contributed by atoms with van der Waals surface area (Å²) in [5, 5.41) is 1.20. The van der Waals surface area contributed by atoms with Crippen LogP contribution >= 0.6 is 39.1 Å². The topological polar surface area (TPSA) is 22.1 Å². The van der Waals surface area contributed by atoms with Crippen molar-refractivity contribution in [1.29, 1.82) is 0 Å². The van der Waals surface area contributed by atoms with Crippen molar-refractivity contribution in [1.82, 2.24) is 4.98 Å². The molecule has 88 valence electrons. The second-order valence-corrected chi connectivity index (χ2v) is 4.98. The van der Waals surface area contributed by atoms with Gasteiger partial charge in [0.05, 0.1) is 0 Å². The first-order valence-electron chi connectivity index (χ1n) is 4.84. The van der Waals surface area contributed by atoms with Crippen LogP contribution in [0, 0.1) is 0 Å². The van der Waals surface area contributed by atoms with Crippen molar-refractivity contribution in [2.75, 3.05) is 0 Å². The summed E-state index contributed by atoms with van der Waals surface area (Å²) in [4.78, 5) is 4.16. The van der Waals surface area contributed by atoms with Gasteiger partial charge < -0.3 is 4.74 Å². The number of benzene rings is 1. The van der Waals surface area contributed by atoms with Crippen LogP contribution in [0.5, 0.6) is 5.88 Å². The Kier molecular flexibility index (Phi) is 4.26. The number of nitrogens with zero attached hydrogens (tertiary/aromatic N) is 1. The Bertz CT molecular complexity index is 534. The number of halogens is 3. The largest absolute Gasteiger partial charge is 0.473 e. The molecule has 0 spiro atoms. The minimum absolute atomic E-state index is 0.361. The Morgan fingerprint density at radius 3 is 2.71 bits per heavy atom. The molecule has 1 heterocycles. The van der Waals surface area contributed by atoms with Crippen molar-refractivity contribution >= 4 is 39.1 Å². The summed E-state index contributed by atoms with van der Waals surface area (Å²) in [6, 6.07) is 10.8. The number of aromatic nitrogens is 1. The van der Waals surface area contributed by atoms with Gasteiger partial charge in [-0.3, -0.25) is 0 Å². The molecule has 0 bridgehead atoms. The molecule has 1 aromatic heterocycles. The third kappa shape index (κ3) is 3.60. The standard InChI is InChI=1S/C12H8BrCl2NO/c13-11-2-1-3-12(16-11)17-7-8-4-5-9(14)6-10(8)15/h1-6H,7H2. The van der Waals surface area contributed by atoms with Crippen LogP contribution in [0.4, 0.5) is 0 Å². The van der Waals surface area contributed by atoms with Gasteiger partial charge in [0.15, 0.2) is 0 Å². The van der Waals surface area contributed by atoms with E-state index >= 15 is 0 Å². The van der Waals surface area contributed by atoms with Crippen LogP contribution in [0.2, 0.25) is 10.0 Å². The van der Waals surface area contributed by atoms with Gasteiger partial charge in [0.1, 0.15) is 11.2 Å². The number of hydrogen-bond acceptors (Lipinski definition) is 2. The molecule has 2 aromatic rings. The fourth-order valence-corrected chi connectivity index (χ4v) is 2.05. The van der Waals surface area contributed by atoms with Crippen molar-refractivity contribution in [2.45, 2.75) is 6.61 Å². The zero-order valence-corrected chi connectivity index (χ0v) is 11.8. The average Bonchev–Trinajstić information content (AvgIpc) is 2.28. The molecule has 0 unspecified atom stereocenters. The predicted octanol–water partition coefficient (Wildman–Crippen LogP) is 4.73. The van der Waals surface area contributed by atoms with Gasteiger partial charge in [-0.05, 0) is 34.1 Å². The molecule has 0 atom stereocenters. The molecule has 5 heteroatoms. The van der Waals surface area contributed by atoms with Gasteiger partial charge in [-0.15, -0.1) is 0 Å². The van der Waals surface area contributed by atoms with E-state index in [1.54, 1.807) is 18.2 Å². The highest BCUT2D eigenvalue weighted by Crippen LogP contribution is 2.22. The van der Waals surface area contributed by atoms with E-state index in [2.05, 4.69) is 20.9 Å². The maximum absolute atomic E-state index is 6.03. The lowest BCUT2D eigenvalue weighted by molar-refractivity contribution is 0.293. The summed E-state index contributed by atoms with van der Waals surface area (Å²) in [5.41, 5.74) is 0.873. The van der Waals surface area contributed by atoms with Crippen molar-refractivity contribution in [3.05, 3.63) is 56.6 Å². The molecule has 0 radical (unpaired) electrons. The highest BCUT2D eigenvalue weighted by molar-refractivity contribution is 9.10. The molecule has 0 aliphatic carbocycles. The smallest absolute Gasteiger partial charge is 0.214 e. The van der Waals surface area contributed by atoms with Crippen LogP contribution in [0.1, 0.15) is 5.56 Å². The van der Waals surface area contributed by atoms with Crippen LogP contribution in [-0.4, -0.2) is 4.98 Å². The predicted molar refractivity (Wildman–Crippen MR) is 72.7 cm³/mol. The maximum Gasteiger partial charge on any atom is 0.214 e. The first-order valence-corrected chi connectivity index (χ1v) is 6.39. The lowest BCUT2D eigenvalue weighted by Crippen LogP contribution is -1.97. The van der Waals surface area contributed by atoms with Crippen molar-refractivity contribution in [2.24, 2.45) is 0 Å². The van der Waals surface area contributed by atoms with Gasteiger partial charge in [0, 0.05) is 21.7 Å². The molecule has 0 aliphatic rings. The van der Waals surface area contributed by atoms with Crippen molar-refractivity contribution in [3.63, 3.8) is 0 Å². The number of pyridine rings is 1. The van der Waals surface area contributed by atoms with Crippen LogP contribution in [0.3, 0.4) is 0 Å². The molecule has 0 saturated heterocycles. The van der Waals surface area contributed by atoms with Crippen molar-refractivity contribution < 1.29 is 4.74 Å². The normalized spacial score (nSPS) is 10.3. The Morgan fingerprint density at radius 1 is 1.18 bits per heavy atom. The highest BCUT2D eigenvalue weighted by Gasteiger charge is 2.03. The Labute approximate surface area is 118 Å². The molecule has 2 nitrogen and oxygen atoms in total. The number of hydrogen-bond donors (Lipinski definition) is 0. The van der Waals surface area contributed by atoms with Crippen molar-refractivity contribution in [3.8, 4) is 5.88 Å². The van der Waals surface area contributed by atoms with E-state index in [1.807, 2.05) is 18.2 Å². The first-order chi connectivity index (χ1) is 8.15. The van der Waals surface area contributed by atoms with Crippen LogP contribution < -0.4 is 4.74 Å². The van der Waals surface area contributed by atoms with Gasteiger partial charge in [-0.1, -0.05) is 35.3 Å². The van der Waals surface area contributed by atoms with E-state index in [0.29, 0.717) is 22.5 Å². The number of rotatable bonds is 3. The van der Waals surface area contributed by atoms with Crippen LogP contribution in [0.25, 0.3) is 0 Å². The second-order valence-electron chi connectivity index (χ2n) is 3.32. The lowest BCUT2D eigenvalue weighted by atomic mass is 10.2. The van der Waals surface area contributed by atoms with Crippen LogP contribution in [-0.2, 0) is 6.61 Å². The molecule has 0 N–H and O–H groups in total. The zero-order valence-electron chi connectivity index (χ0n) is 8.66. The first kappa shape index (κ1) is 12.7. The summed E-state index contributed by atoms with van der Waals surface area (Å²) in [7, 11) is 0. The Hall–Kier alpha value is -0.770. The SMILES string of the molecule is Clc1ccc(COc2cccc(Br)n2)c(Cl)c1. The van der Waals surface area contributed by atoms with E-state index in [1.165, 1.54) is 0 Å². The third-order valence-corrected chi connectivity index (χ3v) is 3.11. The molecule has 2 rings (SSSR count). The monoisotopic (exact) mass is 331 g/mol. The fraction of sp³-hybridized carbons (Fsp3) is 0.0833. The van der Waals surface area contributed by atoms with Crippen LogP contribution in [0.15, 0.2) is 41.0 Å². The Balaban J connectivity index is 2.07. The van der Waals surface area contributed by atoms with E-state index in [-0.39, 0.29) is 0 Å². The third-order valence-electron chi connectivity index (χ3n) is 2.08. The van der Waals surface area contributed by atoms with E-state index < -0.39 is 0 Å². The fourth-order valence-electron chi connectivity index (χ4n) is 1.26. The van der Waals surface area contributed by atoms with E-state index in [0.717, 1.165) is 10.2 Å². The molecule has 0 saturated carbocycles. The molecule has 0 fully saturated rings. The lowest BCUT2D eigenvalue weighted by Gasteiger charge is -2.07. The molecule has 1 aromatic carbocycles. The molecule has 0 aliphatic heterocycles. The zero-order chi connectivity index (χ0) is 12.3. The molecular formula is C12H8BrCl2NO. The Morgan fingerprint density at radius 2 is 2.00 bits per heavy atom.